The van der Waals surface area contributed by atoms with E-state index in [4.69, 9.17) is 4.74 Å². The van der Waals surface area contributed by atoms with Crippen molar-refractivity contribution >= 4 is 0 Å². The first-order chi connectivity index (χ1) is 5.43. The molecule has 0 fully saturated rings. The van der Waals surface area contributed by atoms with E-state index in [1.165, 1.54) is 6.39 Å². The summed E-state index contributed by atoms with van der Waals surface area (Å²) in [4.78, 5) is 3.90. The fraction of sp³-hybridized carbons (Fsp3) is 0.714. The van der Waals surface area contributed by atoms with E-state index < -0.39 is 0 Å². The van der Waals surface area contributed by atoms with Crippen LogP contribution in [0.1, 0.15) is 18.7 Å². The Kier molecular flexibility index (Phi) is 3.61. The second-order valence-electron chi connectivity index (χ2n) is 2.30. The van der Waals surface area contributed by atoms with Crippen LogP contribution >= 0.6 is 0 Å². The molecule has 0 unspecified atom stereocenters. The standard InChI is InChI=1S/C7H12N2O2/c1-10-5-3-2-4-7-8-6-11-9-7/h6H,2-5H2,1H3. The van der Waals surface area contributed by atoms with Crippen molar-refractivity contribution in [1.29, 1.82) is 0 Å². The fourth-order valence-electron chi connectivity index (χ4n) is 0.832. The highest BCUT2D eigenvalue weighted by Crippen LogP contribution is 1.97. The van der Waals surface area contributed by atoms with Crippen LogP contribution < -0.4 is 0 Å². The molecule has 0 saturated heterocycles. The Morgan fingerprint density at radius 1 is 1.55 bits per heavy atom. The first-order valence-electron chi connectivity index (χ1n) is 3.67. The summed E-state index contributed by atoms with van der Waals surface area (Å²) in [6.07, 6.45) is 4.32. The maximum absolute atomic E-state index is 4.90. The van der Waals surface area contributed by atoms with Gasteiger partial charge in [0.2, 0.25) is 6.39 Å². The van der Waals surface area contributed by atoms with Crippen LogP contribution in [0.2, 0.25) is 0 Å². The van der Waals surface area contributed by atoms with Crippen molar-refractivity contribution in [3.63, 3.8) is 0 Å². The lowest BCUT2D eigenvalue weighted by Gasteiger charge is -1.94. The highest BCUT2D eigenvalue weighted by Gasteiger charge is 1.96. The van der Waals surface area contributed by atoms with Gasteiger partial charge in [-0.05, 0) is 12.8 Å². The summed E-state index contributed by atoms with van der Waals surface area (Å²) in [5, 5.41) is 3.69. The Morgan fingerprint density at radius 3 is 3.09 bits per heavy atom. The number of hydrogen-bond acceptors (Lipinski definition) is 4. The maximum atomic E-state index is 4.90. The van der Waals surface area contributed by atoms with E-state index in [1.54, 1.807) is 7.11 Å². The molecule has 0 spiro atoms. The molecule has 1 heterocycles. The lowest BCUT2D eigenvalue weighted by atomic mass is 10.2. The van der Waals surface area contributed by atoms with E-state index in [-0.39, 0.29) is 0 Å². The van der Waals surface area contributed by atoms with E-state index in [2.05, 4.69) is 14.7 Å². The zero-order valence-electron chi connectivity index (χ0n) is 6.62. The number of rotatable bonds is 5. The summed E-state index contributed by atoms with van der Waals surface area (Å²) < 4.78 is 9.48. The highest BCUT2D eigenvalue weighted by atomic mass is 16.5. The van der Waals surface area contributed by atoms with Crippen LogP contribution in [0, 0.1) is 0 Å². The molecule has 0 aliphatic rings. The van der Waals surface area contributed by atoms with Gasteiger partial charge in [0.05, 0.1) is 0 Å². The summed E-state index contributed by atoms with van der Waals surface area (Å²) in [6, 6.07) is 0. The fourth-order valence-corrected chi connectivity index (χ4v) is 0.832. The lowest BCUT2D eigenvalue weighted by molar-refractivity contribution is 0.192. The van der Waals surface area contributed by atoms with Gasteiger partial charge in [-0.15, -0.1) is 0 Å². The monoisotopic (exact) mass is 156 g/mol. The Balaban J connectivity index is 2.04. The zero-order chi connectivity index (χ0) is 7.94. The second-order valence-corrected chi connectivity index (χ2v) is 2.30. The van der Waals surface area contributed by atoms with Crippen molar-refractivity contribution in [1.82, 2.24) is 10.1 Å². The molecule has 0 atom stereocenters. The van der Waals surface area contributed by atoms with E-state index >= 15 is 0 Å². The van der Waals surface area contributed by atoms with Gasteiger partial charge in [-0.2, -0.15) is 4.98 Å². The highest BCUT2D eigenvalue weighted by molar-refractivity contribution is 4.76. The Hall–Kier alpha value is -0.900. The predicted molar refractivity (Wildman–Crippen MR) is 39.1 cm³/mol. The molecule has 0 saturated carbocycles. The molecule has 0 aromatic carbocycles. The van der Waals surface area contributed by atoms with E-state index in [0.717, 1.165) is 31.7 Å². The van der Waals surface area contributed by atoms with Crippen molar-refractivity contribution in [3.05, 3.63) is 12.2 Å². The zero-order valence-corrected chi connectivity index (χ0v) is 6.62. The molecule has 1 rings (SSSR count). The van der Waals surface area contributed by atoms with Crippen LogP contribution in [0.15, 0.2) is 10.9 Å². The van der Waals surface area contributed by atoms with Gasteiger partial charge in [-0.1, -0.05) is 5.16 Å². The number of methoxy groups -OCH3 is 1. The molecule has 0 aliphatic heterocycles. The van der Waals surface area contributed by atoms with Gasteiger partial charge in [-0.25, -0.2) is 0 Å². The van der Waals surface area contributed by atoms with Crippen molar-refractivity contribution in [2.24, 2.45) is 0 Å². The average Bonchev–Trinajstić information content (AvgIpc) is 2.50. The van der Waals surface area contributed by atoms with Crippen LogP contribution in [-0.4, -0.2) is 23.9 Å². The number of nitrogens with zero attached hydrogens (tertiary/aromatic N) is 2. The summed E-state index contributed by atoms with van der Waals surface area (Å²) in [6.45, 7) is 0.803. The third-order valence-corrected chi connectivity index (χ3v) is 1.41. The second kappa shape index (κ2) is 4.85. The van der Waals surface area contributed by atoms with Gasteiger partial charge in [0, 0.05) is 20.1 Å². The number of unbranched alkanes of at least 4 members (excludes halogenated alkanes) is 1. The Labute approximate surface area is 65.6 Å². The molecule has 0 amide bonds. The molecule has 62 valence electrons. The Morgan fingerprint density at radius 2 is 2.45 bits per heavy atom. The summed E-state index contributed by atoms with van der Waals surface area (Å²) in [5.41, 5.74) is 0. The van der Waals surface area contributed by atoms with E-state index in [9.17, 15) is 0 Å². The molecule has 11 heavy (non-hydrogen) atoms. The molecule has 0 aliphatic carbocycles. The smallest absolute Gasteiger partial charge is 0.213 e. The molecule has 4 heteroatoms. The number of ether oxygens (including phenoxy) is 1. The summed E-state index contributed by atoms with van der Waals surface area (Å²) >= 11 is 0. The van der Waals surface area contributed by atoms with Crippen LogP contribution in [-0.2, 0) is 11.2 Å². The largest absolute Gasteiger partial charge is 0.385 e. The molecule has 1 aromatic heterocycles. The third-order valence-electron chi connectivity index (χ3n) is 1.41. The molecular weight excluding hydrogens is 144 g/mol. The minimum atomic E-state index is 0.779. The maximum Gasteiger partial charge on any atom is 0.213 e. The average molecular weight is 156 g/mol. The van der Waals surface area contributed by atoms with Gasteiger partial charge >= 0.3 is 0 Å². The summed E-state index contributed by atoms with van der Waals surface area (Å²) in [5.74, 6) is 0.779. The van der Waals surface area contributed by atoms with Gasteiger partial charge in [0.1, 0.15) is 0 Å². The van der Waals surface area contributed by atoms with Crippen LogP contribution in [0.3, 0.4) is 0 Å². The van der Waals surface area contributed by atoms with Crippen molar-refractivity contribution in [2.75, 3.05) is 13.7 Å². The minimum absolute atomic E-state index is 0.779. The molecule has 0 bridgehead atoms. The van der Waals surface area contributed by atoms with E-state index in [1.807, 2.05) is 0 Å². The predicted octanol–water partition coefficient (Wildman–Crippen LogP) is 1.04. The van der Waals surface area contributed by atoms with Crippen LogP contribution in [0.5, 0.6) is 0 Å². The van der Waals surface area contributed by atoms with Gasteiger partial charge in [0.25, 0.3) is 0 Å². The topological polar surface area (TPSA) is 48.2 Å². The first-order valence-corrected chi connectivity index (χ1v) is 3.67. The quantitative estimate of drug-likeness (QED) is 0.597. The normalized spacial score (nSPS) is 10.3. The Bertz CT molecular complexity index is 175. The lowest BCUT2D eigenvalue weighted by Crippen LogP contribution is -1.92. The minimum Gasteiger partial charge on any atom is -0.385 e. The van der Waals surface area contributed by atoms with Gasteiger partial charge in [0.15, 0.2) is 5.82 Å². The molecule has 0 N–H and O–H groups in total. The van der Waals surface area contributed by atoms with Crippen LogP contribution in [0.25, 0.3) is 0 Å². The van der Waals surface area contributed by atoms with Crippen molar-refractivity contribution in [3.8, 4) is 0 Å². The first kappa shape index (κ1) is 8.20. The van der Waals surface area contributed by atoms with Gasteiger partial charge < -0.3 is 9.26 Å². The van der Waals surface area contributed by atoms with Crippen molar-refractivity contribution in [2.45, 2.75) is 19.3 Å². The molecule has 1 aromatic rings. The van der Waals surface area contributed by atoms with Gasteiger partial charge in [-0.3, -0.25) is 0 Å². The SMILES string of the molecule is COCCCCc1ncon1. The molecule has 0 radical (unpaired) electrons. The molecular formula is C7H12N2O2. The summed E-state index contributed by atoms with van der Waals surface area (Å²) in [7, 11) is 1.70. The molecule has 4 nitrogen and oxygen atoms in total. The number of aromatic nitrogens is 2. The number of aryl methyl sites for hydroxylation is 1. The van der Waals surface area contributed by atoms with Crippen LogP contribution in [0.4, 0.5) is 0 Å². The third kappa shape index (κ3) is 3.13. The van der Waals surface area contributed by atoms with E-state index in [0.29, 0.717) is 0 Å². The van der Waals surface area contributed by atoms with Crippen molar-refractivity contribution < 1.29 is 9.26 Å². The number of hydrogen-bond donors (Lipinski definition) is 0.